The summed E-state index contributed by atoms with van der Waals surface area (Å²) in [7, 11) is 1.45. The molecule has 0 spiro atoms. The summed E-state index contributed by atoms with van der Waals surface area (Å²) in [5, 5.41) is 15.0. The van der Waals surface area contributed by atoms with Crippen LogP contribution in [0.5, 0.6) is 0 Å². The quantitative estimate of drug-likeness (QED) is 0.323. The average Bonchev–Trinajstić information content (AvgIpc) is 3.32. The number of hydrogen-bond acceptors (Lipinski definition) is 6. The van der Waals surface area contributed by atoms with Crippen LogP contribution >= 0.6 is 0 Å². The minimum atomic E-state index is -0.679. The molecule has 2 heterocycles. The Labute approximate surface area is 289 Å². The maximum atomic E-state index is 12.4. The van der Waals surface area contributed by atoms with Gasteiger partial charge in [-0.25, -0.2) is 9.59 Å². The Kier molecular flexibility index (Phi) is 14.6. The predicted octanol–water partition coefficient (Wildman–Crippen LogP) is 2.85. The number of fused-ring (bicyclic) bond motifs is 2. The molecule has 0 aromatic heterocycles. The molecule has 47 heavy (non-hydrogen) atoms. The molecule has 0 saturated heterocycles. The van der Waals surface area contributed by atoms with Crippen LogP contribution in [-0.4, -0.2) is 77.7 Å². The zero-order valence-corrected chi connectivity index (χ0v) is 27.7. The minimum Gasteiger partial charge on any atom is -0.870 e. The fourth-order valence-electron chi connectivity index (χ4n) is 7.13. The van der Waals surface area contributed by atoms with Crippen LogP contribution in [0.15, 0.2) is 48.5 Å². The molecule has 0 unspecified atom stereocenters. The van der Waals surface area contributed by atoms with Gasteiger partial charge in [0.05, 0.1) is 18.9 Å². The molecule has 12 heteroatoms. The molecule has 4 N–H and O–H groups in total. The first kappa shape index (κ1) is 37.9. The van der Waals surface area contributed by atoms with Crippen molar-refractivity contribution in [3.63, 3.8) is 0 Å². The van der Waals surface area contributed by atoms with E-state index in [2.05, 4.69) is 22.8 Å². The second-order valence-electron chi connectivity index (χ2n) is 12.9. The number of carboxylic acids is 1. The molecular formula is C35H47LiN4O7. The Morgan fingerprint density at radius 3 is 1.53 bits per heavy atom. The predicted molar refractivity (Wildman–Crippen MR) is 174 cm³/mol. The summed E-state index contributed by atoms with van der Waals surface area (Å²) in [4.78, 5) is 51.1. The molecule has 2 aliphatic carbocycles. The van der Waals surface area contributed by atoms with Gasteiger partial charge in [0.1, 0.15) is 0 Å². The maximum Gasteiger partial charge on any atom is 1.00 e. The number of aliphatic carboxylic acids is 1. The number of carboxylic acid groups (broad SMARTS) is 1. The van der Waals surface area contributed by atoms with Gasteiger partial charge in [-0.2, -0.15) is 0 Å². The van der Waals surface area contributed by atoms with Gasteiger partial charge in [-0.1, -0.05) is 36.4 Å². The Morgan fingerprint density at radius 1 is 0.723 bits per heavy atom. The number of benzene rings is 2. The number of nitrogens with zero attached hydrogens (tertiary/aromatic N) is 2. The van der Waals surface area contributed by atoms with Gasteiger partial charge in [0.2, 0.25) is 0 Å². The third-order valence-corrected chi connectivity index (χ3v) is 9.93. The number of esters is 1. The van der Waals surface area contributed by atoms with Crippen LogP contribution in [0.4, 0.5) is 21.0 Å². The van der Waals surface area contributed by atoms with E-state index in [1.807, 2.05) is 46.2 Å². The molecular weight excluding hydrogens is 595 g/mol. The number of anilines is 2. The summed E-state index contributed by atoms with van der Waals surface area (Å²) < 4.78 is 4.83. The standard InChI is InChI=1S/C18H24N2O3.C17H22N2O3.Li.H2O/c1-23-17(21)15-8-6-13(7-9-15)12-20-11-10-14-4-2-3-5-16(14)19-18(20)22;20-16(21)14-7-5-12(6-8-14)11-19-10-9-13-3-1-2-4-15(13)18-17(19)22;;/h2-5,13,15H,6-12H2,1H3,(H,19,22);1-4,12,14H,5-11H2,(H,18,22)(H,20,21);;1H2/q;;+1;/p-1. The molecule has 6 rings (SSSR count). The fourth-order valence-corrected chi connectivity index (χ4v) is 7.13. The number of carbonyl (C=O) groups is 4. The van der Waals surface area contributed by atoms with Crippen molar-refractivity contribution in [2.75, 3.05) is 43.9 Å². The summed E-state index contributed by atoms with van der Waals surface area (Å²) >= 11 is 0. The topological polar surface area (TPSA) is 158 Å². The number of methoxy groups -OCH3 is 1. The van der Waals surface area contributed by atoms with E-state index in [1.165, 1.54) is 18.2 Å². The first-order valence-corrected chi connectivity index (χ1v) is 16.4. The van der Waals surface area contributed by atoms with Crippen molar-refractivity contribution in [1.82, 2.24) is 9.80 Å². The van der Waals surface area contributed by atoms with Crippen LogP contribution in [0, 0.1) is 23.7 Å². The van der Waals surface area contributed by atoms with Crippen molar-refractivity contribution >= 4 is 35.4 Å². The molecule has 2 aromatic rings. The van der Waals surface area contributed by atoms with Crippen LogP contribution in [-0.2, 0) is 27.2 Å². The van der Waals surface area contributed by atoms with E-state index in [4.69, 9.17) is 9.84 Å². The fraction of sp³-hybridized carbons (Fsp3) is 0.543. The number of para-hydroxylation sites is 2. The van der Waals surface area contributed by atoms with Gasteiger partial charge in [0, 0.05) is 37.6 Å². The van der Waals surface area contributed by atoms with E-state index in [1.54, 1.807) is 0 Å². The summed E-state index contributed by atoms with van der Waals surface area (Å²) in [6, 6.07) is 15.9. The number of carbonyl (C=O) groups excluding carboxylic acids is 3. The number of hydrogen-bond donors (Lipinski definition) is 3. The Hall–Kier alpha value is -3.52. The molecule has 2 saturated carbocycles. The van der Waals surface area contributed by atoms with E-state index in [9.17, 15) is 19.2 Å². The Balaban J connectivity index is 0.000000245. The number of rotatable bonds is 6. The zero-order valence-electron chi connectivity index (χ0n) is 27.7. The Bertz CT molecular complexity index is 1360. The number of amides is 4. The second-order valence-corrected chi connectivity index (χ2v) is 12.9. The Morgan fingerprint density at radius 2 is 1.13 bits per heavy atom. The third-order valence-electron chi connectivity index (χ3n) is 9.93. The SMILES string of the molecule is COC(=O)C1CCC(CN2CCc3ccccc3NC2=O)CC1.O=C(O)C1CCC(CN2CCc3ccccc3NC2=O)CC1.[Li+].[OH-]. The van der Waals surface area contributed by atoms with E-state index >= 15 is 0 Å². The van der Waals surface area contributed by atoms with Gasteiger partial charge in [-0.15, -0.1) is 0 Å². The van der Waals surface area contributed by atoms with Crippen LogP contribution in [0.2, 0.25) is 0 Å². The monoisotopic (exact) mass is 642 g/mol. The van der Waals surface area contributed by atoms with E-state index in [0.717, 1.165) is 102 Å². The normalized spacial score (nSPS) is 23.7. The van der Waals surface area contributed by atoms with Crippen molar-refractivity contribution in [1.29, 1.82) is 0 Å². The van der Waals surface area contributed by atoms with Gasteiger partial charge >= 0.3 is 42.9 Å². The number of nitrogens with one attached hydrogen (secondary N) is 2. The molecule has 2 aliphatic heterocycles. The van der Waals surface area contributed by atoms with Crippen LogP contribution in [0.25, 0.3) is 0 Å². The third kappa shape index (κ3) is 10.2. The van der Waals surface area contributed by atoms with Crippen LogP contribution in [0.1, 0.15) is 62.5 Å². The number of ether oxygens (including phenoxy) is 1. The maximum absolute atomic E-state index is 12.4. The molecule has 250 valence electrons. The van der Waals surface area contributed by atoms with Gasteiger partial charge in [0.15, 0.2) is 0 Å². The summed E-state index contributed by atoms with van der Waals surface area (Å²) in [5.74, 6) is -0.0322. The van der Waals surface area contributed by atoms with Crippen LogP contribution in [0.3, 0.4) is 0 Å². The molecule has 4 amide bonds. The smallest absolute Gasteiger partial charge is 0.870 e. The van der Waals surface area contributed by atoms with Gasteiger partial charge in [-0.05, 0) is 99.3 Å². The summed E-state index contributed by atoms with van der Waals surface area (Å²) in [5.41, 5.74) is 4.20. The first-order chi connectivity index (χ1) is 21.8. The molecule has 11 nitrogen and oxygen atoms in total. The molecule has 2 fully saturated rings. The molecule has 2 aromatic carbocycles. The second kappa shape index (κ2) is 18.1. The van der Waals surface area contributed by atoms with E-state index in [-0.39, 0.29) is 54.2 Å². The molecule has 0 atom stereocenters. The van der Waals surface area contributed by atoms with Crippen LogP contribution < -0.4 is 29.5 Å². The van der Waals surface area contributed by atoms with Gasteiger partial charge < -0.3 is 35.8 Å². The molecule has 0 radical (unpaired) electrons. The van der Waals surface area contributed by atoms with Crippen molar-refractivity contribution in [2.45, 2.75) is 64.2 Å². The molecule has 0 bridgehead atoms. The van der Waals surface area contributed by atoms with Crippen molar-refractivity contribution in [2.24, 2.45) is 23.7 Å². The van der Waals surface area contributed by atoms with Gasteiger partial charge in [-0.3, -0.25) is 9.59 Å². The van der Waals surface area contributed by atoms with Crippen molar-refractivity contribution in [3.05, 3.63) is 59.7 Å². The number of urea groups is 2. The molecule has 4 aliphatic rings. The van der Waals surface area contributed by atoms with Crippen molar-refractivity contribution < 1.29 is 53.4 Å². The average molecular weight is 643 g/mol. The van der Waals surface area contributed by atoms with Gasteiger partial charge in [0.25, 0.3) is 0 Å². The summed E-state index contributed by atoms with van der Waals surface area (Å²) in [6.45, 7) is 2.97. The summed E-state index contributed by atoms with van der Waals surface area (Å²) in [6.07, 6.45) is 8.70. The minimum absolute atomic E-state index is 0. The largest absolute Gasteiger partial charge is 1.00 e. The van der Waals surface area contributed by atoms with E-state index in [0.29, 0.717) is 11.8 Å². The van der Waals surface area contributed by atoms with E-state index < -0.39 is 5.97 Å². The van der Waals surface area contributed by atoms with Crippen molar-refractivity contribution in [3.8, 4) is 0 Å². The zero-order chi connectivity index (χ0) is 31.8. The first-order valence-electron chi connectivity index (χ1n) is 16.4.